The van der Waals surface area contributed by atoms with E-state index in [1.54, 1.807) is 32.4 Å². The monoisotopic (exact) mass is 606 g/mol. The van der Waals surface area contributed by atoms with Gasteiger partial charge in [-0.15, -0.1) is 0 Å². The second kappa shape index (κ2) is 12.4. The molecule has 0 aromatic carbocycles. The highest BCUT2D eigenvalue weighted by Crippen LogP contribution is 2.51. The smallest absolute Gasteiger partial charge is 0.408 e. The molecule has 0 aliphatic heterocycles. The Bertz CT molecular complexity index is 1280. The van der Waals surface area contributed by atoms with Crippen LogP contribution in [0.5, 0.6) is 0 Å². The van der Waals surface area contributed by atoms with Crippen molar-refractivity contribution in [2.45, 2.75) is 78.7 Å². The molecule has 1 unspecified atom stereocenters. The van der Waals surface area contributed by atoms with Crippen LogP contribution in [-0.4, -0.2) is 69.5 Å². The van der Waals surface area contributed by atoms with Crippen molar-refractivity contribution in [2.24, 2.45) is 17.8 Å². The number of ether oxygens (including phenoxy) is 2. The van der Waals surface area contributed by atoms with Gasteiger partial charge in [-0.25, -0.2) is 24.5 Å². The molecule has 2 saturated carbocycles. The van der Waals surface area contributed by atoms with E-state index in [0.717, 1.165) is 31.4 Å². The number of halogens is 1. The van der Waals surface area contributed by atoms with Gasteiger partial charge in [-0.3, -0.25) is 4.79 Å². The van der Waals surface area contributed by atoms with Crippen molar-refractivity contribution in [3.8, 4) is 11.1 Å². The number of nitrogen functional groups attached to an aromatic ring is 1. The number of hydrogen-bond acceptors (Lipinski definition) is 7. The Kier molecular flexibility index (Phi) is 9.46. The summed E-state index contributed by atoms with van der Waals surface area (Å²) in [7, 11) is -0.671. The van der Waals surface area contributed by atoms with Crippen LogP contribution in [0.15, 0.2) is 6.07 Å². The number of hydrogen-bond donors (Lipinski definition) is 3. The molecule has 12 heteroatoms. The second-order valence-electron chi connectivity index (χ2n) is 13.5. The van der Waals surface area contributed by atoms with Crippen molar-refractivity contribution in [3.05, 3.63) is 23.4 Å². The zero-order valence-corrected chi connectivity index (χ0v) is 27.0. The van der Waals surface area contributed by atoms with E-state index in [2.05, 4.69) is 39.5 Å². The van der Waals surface area contributed by atoms with Crippen molar-refractivity contribution in [1.82, 2.24) is 20.1 Å². The summed E-state index contributed by atoms with van der Waals surface area (Å²) in [5.41, 5.74) is 7.76. The molecule has 234 valence electrons. The second-order valence-corrected chi connectivity index (χ2v) is 18.1. The Hall–Kier alpha value is -2.86. The molecule has 42 heavy (non-hydrogen) atoms. The molecule has 4 rings (SSSR count). The molecular weight excluding hydrogens is 559 g/mol. The van der Waals surface area contributed by atoms with E-state index in [4.69, 9.17) is 15.2 Å². The fraction of sp³-hybridized carbons (Fsp3) is 0.667. The molecule has 2 fully saturated rings. The number of carbonyl (C=O) groups excluding carboxylic acids is 2. The number of aryl methyl sites for hydroxylation is 1. The van der Waals surface area contributed by atoms with Crippen LogP contribution in [0.1, 0.15) is 57.8 Å². The number of pyridine rings is 1. The number of rotatable bonds is 12. The normalized spacial score (nSPS) is 16.8. The SMILES string of the molecule is Cc1nn(COCCS(C)(C)C)c(C)c1-c1c(N)cc(NC(=O)C(NC(=O)OC(C)(C)C)C(C2CC2)C2CC2)nc1F. The summed E-state index contributed by atoms with van der Waals surface area (Å²) in [5.74, 6) is 0.401. The van der Waals surface area contributed by atoms with Crippen LogP contribution in [0, 0.1) is 37.5 Å². The summed E-state index contributed by atoms with van der Waals surface area (Å²) in [4.78, 5) is 30.3. The van der Waals surface area contributed by atoms with E-state index in [-0.39, 0.29) is 29.7 Å². The minimum Gasteiger partial charge on any atom is -0.444 e. The van der Waals surface area contributed by atoms with E-state index in [1.807, 2.05) is 6.92 Å². The predicted molar refractivity (Wildman–Crippen MR) is 166 cm³/mol. The molecule has 0 radical (unpaired) electrons. The lowest BCUT2D eigenvalue weighted by atomic mass is 9.89. The van der Waals surface area contributed by atoms with Gasteiger partial charge in [-0.05, 0) is 96.8 Å². The van der Waals surface area contributed by atoms with Crippen LogP contribution < -0.4 is 16.4 Å². The quantitative estimate of drug-likeness (QED) is 0.223. The van der Waals surface area contributed by atoms with Crippen molar-refractivity contribution in [2.75, 3.05) is 42.2 Å². The van der Waals surface area contributed by atoms with Gasteiger partial charge in [0.05, 0.1) is 17.9 Å². The number of anilines is 2. The van der Waals surface area contributed by atoms with Gasteiger partial charge in [0.1, 0.15) is 24.2 Å². The van der Waals surface area contributed by atoms with Gasteiger partial charge in [0.25, 0.3) is 0 Å². The number of nitrogens with zero attached hydrogens (tertiary/aromatic N) is 3. The Morgan fingerprint density at radius 3 is 2.29 bits per heavy atom. The highest BCUT2D eigenvalue weighted by Gasteiger charge is 2.48. The molecular formula is C30H47FN6O4S. The van der Waals surface area contributed by atoms with E-state index in [0.29, 0.717) is 35.4 Å². The molecule has 10 nitrogen and oxygen atoms in total. The highest BCUT2D eigenvalue weighted by atomic mass is 32.3. The summed E-state index contributed by atoms with van der Waals surface area (Å²) in [6.07, 6.45) is 10.1. The maximum Gasteiger partial charge on any atom is 0.408 e. The lowest BCUT2D eigenvalue weighted by Crippen LogP contribution is -2.51. The third kappa shape index (κ3) is 8.37. The number of nitrogens with one attached hydrogen (secondary N) is 2. The average molecular weight is 607 g/mol. The van der Waals surface area contributed by atoms with Gasteiger partial charge >= 0.3 is 6.09 Å². The molecule has 0 saturated heterocycles. The van der Waals surface area contributed by atoms with E-state index in [9.17, 15) is 9.59 Å². The first-order valence-electron chi connectivity index (χ1n) is 14.6. The molecule has 2 aromatic heterocycles. The minimum absolute atomic E-state index is 0.0119. The highest BCUT2D eigenvalue weighted by molar-refractivity contribution is 8.32. The zero-order chi connectivity index (χ0) is 31.0. The van der Waals surface area contributed by atoms with Gasteiger partial charge in [0, 0.05) is 28.8 Å². The number of amides is 2. The van der Waals surface area contributed by atoms with Crippen LogP contribution in [0.25, 0.3) is 11.1 Å². The lowest BCUT2D eigenvalue weighted by Gasteiger charge is -2.29. The van der Waals surface area contributed by atoms with Crippen LogP contribution in [-0.2, 0) is 21.0 Å². The number of aromatic nitrogens is 3. The van der Waals surface area contributed by atoms with Gasteiger partial charge < -0.3 is 25.8 Å². The minimum atomic E-state index is -0.826. The molecule has 0 spiro atoms. The summed E-state index contributed by atoms with van der Waals surface area (Å²) >= 11 is 0. The number of nitrogens with two attached hydrogens (primary N) is 1. The maximum atomic E-state index is 15.6. The van der Waals surface area contributed by atoms with Gasteiger partial charge in [-0.1, -0.05) is 0 Å². The molecule has 2 amide bonds. The maximum absolute atomic E-state index is 15.6. The van der Waals surface area contributed by atoms with E-state index in [1.165, 1.54) is 6.07 Å². The topological polar surface area (TPSA) is 133 Å². The fourth-order valence-corrected chi connectivity index (χ4v) is 5.97. The number of alkyl carbamates (subject to hydrolysis) is 1. The lowest BCUT2D eigenvalue weighted by molar-refractivity contribution is -0.120. The first-order chi connectivity index (χ1) is 19.5. The van der Waals surface area contributed by atoms with Crippen LogP contribution in [0.3, 0.4) is 0 Å². The Morgan fingerprint density at radius 2 is 1.76 bits per heavy atom. The zero-order valence-electron chi connectivity index (χ0n) is 26.2. The van der Waals surface area contributed by atoms with Gasteiger partial charge in [0.15, 0.2) is 0 Å². The van der Waals surface area contributed by atoms with Gasteiger partial charge in [0.2, 0.25) is 11.9 Å². The third-order valence-electron chi connectivity index (χ3n) is 7.61. The van der Waals surface area contributed by atoms with Crippen molar-refractivity contribution < 1.29 is 23.5 Å². The largest absolute Gasteiger partial charge is 0.444 e. The Morgan fingerprint density at radius 1 is 1.14 bits per heavy atom. The van der Waals surface area contributed by atoms with E-state index < -0.39 is 39.6 Å². The predicted octanol–water partition coefficient (Wildman–Crippen LogP) is 5.22. The van der Waals surface area contributed by atoms with Crippen LogP contribution >= 0.6 is 10.0 Å². The molecule has 4 N–H and O–H groups in total. The Labute approximate surface area is 250 Å². The first-order valence-corrected chi connectivity index (χ1v) is 17.6. The number of carbonyl (C=O) groups is 2. The molecule has 2 aromatic rings. The summed E-state index contributed by atoms with van der Waals surface area (Å²) < 4.78 is 28.6. The third-order valence-corrected chi connectivity index (χ3v) is 9.01. The van der Waals surface area contributed by atoms with Crippen molar-refractivity contribution >= 4 is 33.5 Å². The van der Waals surface area contributed by atoms with Crippen LogP contribution in [0.4, 0.5) is 20.7 Å². The molecule has 2 aliphatic rings. The molecule has 0 bridgehead atoms. The van der Waals surface area contributed by atoms with Crippen molar-refractivity contribution in [3.63, 3.8) is 0 Å². The standard InChI is InChI=1S/C30H47FN6O4S/c1-17-23(18(2)37(36-17)16-40-13-14-42(6,7)8)25-21(32)15-22(33-27(25)31)34-28(38)26(35-29(39)41-30(3,4)5)24(19-9-10-19)20-11-12-20/h15,19-20,24,26H,9-14,16H2,1-8H3,(H,35,39)(H3,32,33,34,38). The molecule has 1 atom stereocenters. The summed E-state index contributed by atoms with van der Waals surface area (Å²) in [5, 5.41) is 10.1. The average Bonchev–Trinajstić information content (AvgIpc) is 3.76. The molecule has 2 aliphatic carbocycles. The fourth-order valence-electron chi connectivity index (χ4n) is 5.35. The Balaban J connectivity index is 1.52. The molecule has 2 heterocycles. The summed E-state index contributed by atoms with van der Waals surface area (Å²) in [6, 6.07) is 0.622. The first kappa shape index (κ1) is 32.1. The van der Waals surface area contributed by atoms with Gasteiger partial charge in [-0.2, -0.15) is 9.49 Å². The summed E-state index contributed by atoms with van der Waals surface area (Å²) in [6.45, 7) is 9.80. The van der Waals surface area contributed by atoms with Crippen molar-refractivity contribution in [1.29, 1.82) is 0 Å². The van der Waals surface area contributed by atoms with E-state index >= 15 is 4.39 Å². The van der Waals surface area contributed by atoms with Crippen LogP contribution in [0.2, 0.25) is 0 Å².